The number of thiazole rings is 1. The van der Waals surface area contributed by atoms with Gasteiger partial charge in [0.25, 0.3) is 0 Å². The lowest BCUT2D eigenvalue weighted by Crippen LogP contribution is -2.44. The van der Waals surface area contributed by atoms with Gasteiger partial charge < -0.3 is 19.9 Å². The van der Waals surface area contributed by atoms with E-state index in [1.165, 1.54) is 11.1 Å². The molecule has 2 heterocycles. The summed E-state index contributed by atoms with van der Waals surface area (Å²) in [6.45, 7) is 11.9. The summed E-state index contributed by atoms with van der Waals surface area (Å²) in [5, 5.41) is 6.40. The zero-order chi connectivity index (χ0) is 19.2. The summed E-state index contributed by atoms with van der Waals surface area (Å²) in [4.78, 5) is 9.41. The Morgan fingerprint density at radius 3 is 2.78 bits per heavy atom. The number of aryl methyl sites for hydroxylation is 1. The Kier molecular flexibility index (Phi) is 6.88. The molecule has 0 aliphatic carbocycles. The van der Waals surface area contributed by atoms with Crippen molar-refractivity contribution in [3.63, 3.8) is 0 Å². The summed E-state index contributed by atoms with van der Waals surface area (Å²) < 4.78 is 6.04. The van der Waals surface area contributed by atoms with Crippen LogP contribution in [0.1, 0.15) is 17.5 Å². The number of nitrogens with zero attached hydrogens (tertiary/aromatic N) is 3. The minimum Gasteiger partial charge on any atom is -0.487 e. The van der Waals surface area contributed by atoms with Gasteiger partial charge in [-0.05, 0) is 44.3 Å². The number of benzene rings is 1. The molecule has 1 aliphatic heterocycles. The molecular formula is C21H30N4OS. The predicted octanol–water partition coefficient (Wildman–Crippen LogP) is 3.23. The second-order valence-electron chi connectivity index (χ2n) is 6.97. The van der Waals surface area contributed by atoms with Gasteiger partial charge in [-0.15, -0.1) is 11.3 Å². The molecule has 1 aromatic carbocycles. The zero-order valence-corrected chi connectivity index (χ0v) is 17.4. The average Bonchev–Trinajstić information content (AvgIpc) is 3.15. The van der Waals surface area contributed by atoms with Crippen molar-refractivity contribution in [3.8, 4) is 17.0 Å². The molecule has 1 saturated heterocycles. The van der Waals surface area contributed by atoms with Crippen molar-refractivity contribution in [2.45, 2.75) is 19.9 Å². The molecule has 27 heavy (non-hydrogen) atoms. The summed E-state index contributed by atoms with van der Waals surface area (Å²) in [5.41, 5.74) is 4.57. The van der Waals surface area contributed by atoms with Crippen LogP contribution in [0.25, 0.3) is 11.3 Å². The van der Waals surface area contributed by atoms with Gasteiger partial charge in [-0.3, -0.25) is 0 Å². The molecule has 146 valence electrons. The lowest BCUT2D eigenvalue weighted by atomic mass is 10.0. The molecule has 1 aromatic heterocycles. The molecule has 0 bridgehead atoms. The molecule has 0 amide bonds. The number of ether oxygens (including phenoxy) is 1. The molecule has 1 aliphatic rings. The first-order chi connectivity index (χ1) is 13.1. The first-order valence-corrected chi connectivity index (χ1v) is 10.4. The van der Waals surface area contributed by atoms with E-state index in [1.807, 2.05) is 13.1 Å². The second-order valence-corrected chi connectivity index (χ2v) is 7.92. The summed E-state index contributed by atoms with van der Waals surface area (Å²) in [7, 11) is 4.11. The second kappa shape index (κ2) is 9.35. The molecule has 0 unspecified atom stereocenters. The number of hydrogen-bond donors (Lipinski definition) is 1. The van der Waals surface area contributed by atoms with E-state index in [2.05, 4.69) is 53.2 Å². The molecule has 0 atom stereocenters. The van der Waals surface area contributed by atoms with E-state index in [0.717, 1.165) is 61.3 Å². The van der Waals surface area contributed by atoms with Crippen molar-refractivity contribution < 1.29 is 4.74 Å². The van der Waals surface area contributed by atoms with Gasteiger partial charge in [0.15, 0.2) is 0 Å². The number of rotatable bonds is 8. The largest absolute Gasteiger partial charge is 0.487 e. The SMILES string of the molecule is C=C(COc1ccc(-c2csc(CNC)n2)c(CC)c1)N1CCN(C)CC1. The molecular weight excluding hydrogens is 356 g/mol. The quantitative estimate of drug-likeness (QED) is 0.754. The zero-order valence-electron chi connectivity index (χ0n) is 16.6. The Balaban J connectivity index is 1.64. The highest BCUT2D eigenvalue weighted by molar-refractivity contribution is 7.09. The van der Waals surface area contributed by atoms with Crippen molar-refractivity contribution in [2.75, 3.05) is 46.9 Å². The molecule has 1 N–H and O–H groups in total. The third-order valence-electron chi connectivity index (χ3n) is 4.97. The molecule has 5 nitrogen and oxygen atoms in total. The first kappa shape index (κ1) is 19.9. The Bertz CT molecular complexity index is 765. The molecule has 1 fully saturated rings. The van der Waals surface area contributed by atoms with Gasteiger partial charge in [0.05, 0.1) is 5.69 Å². The van der Waals surface area contributed by atoms with Gasteiger partial charge in [-0.1, -0.05) is 13.5 Å². The van der Waals surface area contributed by atoms with E-state index in [4.69, 9.17) is 9.72 Å². The maximum atomic E-state index is 6.04. The molecule has 0 saturated carbocycles. The van der Waals surface area contributed by atoms with Crippen molar-refractivity contribution in [3.05, 3.63) is 46.4 Å². The van der Waals surface area contributed by atoms with Crippen molar-refractivity contribution in [1.82, 2.24) is 20.1 Å². The van der Waals surface area contributed by atoms with Gasteiger partial charge in [0.2, 0.25) is 0 Å². The Morgan fingerprint density at radius 2 is 2.07 bits per heavy atom. The number of aromatic nitrogens is 1. The van der Waals surface area contributed by atoms with Crippen LogP contribution in [0.15, 0.2) is 35.9 Å². The normalized spacial score (nSPS) is 15.1. The number of likely N-dealkylation sites (N-methyl/N-ethyl adjacent to an activating group) is 1. The third-order valence-corrected chi connectivity index (χ3v) is 5.82. The highest BCUT2D eigenvalue weighted by atomic mass is 32.1. The maximum Gasteiger partial charge on any atom is 0.127 e. The summed E-state index contributed by atoms with van der Waals surface area (Å²) in [6, 6.07) is 6.32. The number of piperazine rings is 1. The van der Waals surface area contributed by atoms with Crippen molar-refractivity contribution in [2.24, 2.45) is 0 Å². The number of nitrogens with one attached hydrogen (secondary N) is 1. The topological polar surface area (TPSA) is 40.6 Å². The lowest BCUT2D eigenvalue weighted by molar-refractivity contribution is 0.170. The van der Waals surface area contributed by atoms with Crippen molar-refractivity contribution in [1.29, 1.82) is 0 Å². The minimum atomic E-state index is 0.537. The Labute approximate surface area is 166 Å². The van der Waals surface area contributed by atoms with Crippen LogP contribution in [-0.2, 0) is 13.0 Å². The predicted molar refractivity (Wildman–Crippen MR) is 113 cm³/mol. The smallest absolute Gasteiger partial charge is 0.127 e. The maximum absolute atomic E-state index is 6.04. The van der Waals surface area contributed by atoms with Crippen LogP contribution in [-0.4, -0.2) is 61.7 Å². The summed E-state index contributed by atoms with van der Waals surface area (Å²) >= 11 is 1.70. The molecule has 6 heteroatoms. The fourth-order valence-corrected chi connectivity index (χ4v) is 4.06. The van der Waals surface area contributed by atoms with Gasteiger partial charge in [-0.2, -0.15) is 0 Å². The van der Waals surface area contributed by atoms with E-state index in [-0.39, 0.29) is 0 Å². The van der Waals surface area contributed by atoms with Crippen LogP contribution in [0.4, 0.5) is 0 Å². The Hall–Kier alpha value is -1.89. The highest BCUT2D eigenvalue weighted by Crippen LogP contribution is 2.29. The molecule has 3 rings (SSSR count). The van der Waals surface area contributed by atoms with E-state index in [1.54, 1.807) is 11.3 Å². The molecule has 0 spiro atoms. The molecule has 0 radical (unpaired) electrons. The summed E-state index contributed by atoms with van der Waals surface area (Å²) in [5.74, 6) is 0.900. The van der Waals surface area contributed by atoms with Gasteiger partial charge in [-0.25, -0.2) is 4.98 Å². The lowest BCUT2D eigenvalue weighted by Gasteiger charge is -2.35. The summed E-state index contributed by atoms with van der Waals surface area (Å²) in [6.07, 6.45) is 0.949. The van der Waals surface area contributed by atoms with Crippen LogP contribution in [0, 0.1) is 0 Å². The fraction of sp³-hybridized carbons (Fsp3) is 0.476. The minimum absolute atomic E-state index is 0.537. The standard InChI is InChI=1S/C21H30N4OS/c1-5-17-12-18(26-14-16(2)25-10-8-24(4)9-11-25)6-7-19(17)20-15-27-21(23-20)13-22-3/h6-7,12,15,22H,2,5,8-11,13-14H2,1,3-4H3. The van der Waals surface area contributed by atoms with Gasteiger partial charge in [0, 0.05) is 49.4 Å². The van der Waals surface area contributed by atoms with Crippen LogP contribution in [0.2, 0.25) is 0 Å². The highest BCUT2D eigenvalue weighted by Gasteiger charge is 2.16. The molecule has 2 aromatic rings. The van der Waals surface area contributed by atoms with E-state index < -0.39 is 0 Å². The third kappa shape index (κ3) is 5.09. The average molecular weight is 387 g/mol. The fourth-order valence-electron chi connectivity index (χ4n) is 3.25. The van der Waals surface area contributed by atoms with Crippen LogP contribution >= 0.6 is 11.3 Å². The van der Waals surface area contributed by atoms with Crippen molar-refractivity contribution >= 4 is 11.3 Å². The van der Waals surface area contributed by atoms with E-state index in [9.17, 15) is 0 Å². The van der Waals surface area contributed by atoms with Gasteiger partial charge >= 0.3 is 0 Å². The van der Waals surface area contributed by atoms with E-state index in [0.29, 0.717) is 6.61 Å². The first-order valence-electron chi connectivity index (χ1n) is 9.57. The number of hydrogen-bond acceptors (Lipinski definition) is 6. The van der Waals surface area contributed by atoms with E-state index >= 15 is 0 Å². The van der Waals surface area contributed by atoms with Crippen LogP contribution < -0.4 is 10.1 Å². The monoisotopic (exact) mass is 386 g/mol. The Morgan fingerprint density at radius 1 is 1.30 bits per heavy atom. The van der Waals surface area contributed by atoms with Crippen LogP contribution in [0.5, 0.6) is 5.75 Å². The van der Waals surface area contributed by atoms with Gasteiger partial charge in [0.1, 0.15) is 17.4 Å². The van der Waals surface area contributed by atoms with Crippen LogP contribution in [0.3, 0.4) is 0 Å².